The van der Waals surface area contributed by atoms with Crippen molar-refractivity contribution in [1.29, 1.82) is 0 Å². The summed E-state index contributed by atoms with van der Waals surface area (Å²) in [5.74, 6) is -1.42. The zero-order valence-electron chi connectivity index (χ0n) is 21.4. The average molecular weight is 580 g/mol. The number of halogens is 1. The van der Waals surface area contributed by atoms with Gasteiger partial charge in [0.2, 0.25) is 0 Å². The summed E-state index contributed by atoms with van der Waals surface area (Å²) in [6.45, 7) is 6.20. The van der Waals surface area contributed by atoms with E-state index in [0.717, 1.165) is 56.4 Å². The number of anilines is 2. The summed E-state index contributed by atoms with van der Waals surface area (Å²) in [5, 5.41) is 39.7. The third kappa shape index (κ3) is 6.53. The van der Waals surface area contributed by atoms with E-state index in [9.17, 15) is 20.1 Å². The molecule has 0 aromatic heterocycles. The molecule has 0 saturated carbocycles. The molecule has 0 radical (unpaired) electrons. The first-order valence-corrected chi connectivity index (χ1v) is 14.3. The molecule has 2 fully saturated rings. The van der Waals surface area contributed by atoms with Crippen LogP contribution in [0.5, 0.6) is 0 Å². The van der Waals surface area contributed by atoms with Crippen molar-refractivity contribution in [1.82, 2.24) is 9.80 Å². The molecule has 0 amide bonds. The molecule has 5 rings (SSSR count). The third-order valence-electron chi connectivity index (χ3n) is 7.41. The van der Waals surface area contributed by atoms with E-state index in [4.69, 9.17) is 26.2 Å². The number of carboxylic acid groups (broad SMARTS) is 1. The van der Waals surface area contributed by atoms with E-state index < -0.39 is 36.7 Å². The van der Waals surface area contributed by atoms with E-state index in [2.05, 4.69) is 45.0 Å². The highest BCUT2D eigenvalue weighted by Crippen LogP contribution is 2.48. The lowest BCUT2D eigenvalue weighted by Crippen LogP contribution is -2.60. The van der Waals surface area contributed by atoms with Crippen LogP contribution in [0.3, 0.4) is 0 Å². The van der Waals surface area contributed by atoms with Gasteiger partial charge >= 0.3 is 5.97 Å². The molecule has 5 unspecified atom stereocenters. The molecule has 2 saturated heterocycles. The summed E-state index contributed by atoms with van der Waals surface area (Å²) in [6.07, 6.45) is -6.87. The standard InChI is InChI=1S/C27H34ClN3O7S/c28-17-6-7-21-19(16-17)31(18-4-1-2-5-20(18)39-21)9-3-8-29-10-12-30(13-11-29)14-15-37-27-24(34)22(32)23(33)25(38-27)26(35)36/h1-2,4-7,16,22-25,27,32-34H,3,8-15H2,(H,35,36). The van der Waals surface area contributed by atoms with Gasteiger partial charge < -0.3 is 39.7 Å². The fourth-order valence-corrected chi connectivity index (χ4v) is 6.46. The van der Waals surface area contributed by atoms with E-state index in [1.165, 1.54) is 15.5 Å². The molecule has 3 aliphatic heterocycles. The van der Waals surface area contributed by atoms with E-state index >= 15 is 0 Å². The minimum Gasteiger partial charge on any atom is -0.479 e. The minimum absolute atomic E-state index is 0.200. The fraction of sp³-hybridized carbons (Fsp3) is 0.519. The Morgan fingerprint density at radius 3 is 2.36 bits per heavy atom. The quantitative estimate of drug-likeness (QED) is 0.348. The first kappa shape index (κ1) is 28.6. The maximum atomic E-state index is 11.2. The molecule has 3 heterocycles. The van der Waals surface area contributed by atoms with Crippen molar-refractivity contribution < 1.29 is 34.7 Å². The smallest absolute Gasteiger partial charge is 0.335 e. The molecule has 0 bridgehead atoms. The summed E-state index contributed by atoms with van der Waals surface area (Å²) in [4.78, 5) is 20.8. The summed E-state index contributed by atoms with van der Waals surface area (Å²) in [7, 11) is 0. The number of piperazine rings is 1. The molecule has 39 heavy (non-hydrogen) atoms. The van der Waals surface area contributed by atoms with Gasteiger partial charge in [0.05, 0.1) is 18.0 Å². The molecule has 3 aliphatic rings. The van der Waals surface area contributed by atoms with Crippen LogP contribution in [-0.2, 0) is 14.3 Å². The monoisotopic (exact) mass is 579 g/mol. The van der Waals surface area contributed by atoms with Crippen LogP contribution in [0, 0.1) is 0 Å². The van der Waals surface area contributed by atoms with Gasteiger partial charge in [-0.15, -0.1) is 0 Å². The Balaban J connectivity index is 1.06. The molecule has 10 nitrogen and oxygen atoms in total. The number of benzene rings is 2. The zero-order chi connectivity index (χ0) is 27.5. The number of hydrogen-bond acceptors (Lipinski definition) is 10. The van der Waals surface area contributed by atoms with E-state index in [1.807, 2.05) is 12.1 Å². The molecule has 2 aromatic rings. The highest BCUT2D eigenvalue weighted by atomic mass is 35.5. The number of aliphatic hydroxyl groups excluding tert-OH is 3. The lowest BCUT2D eigenvalue weighted by atomic mass is 9.99. The molecule has 12 heteroatoms. The Hall–Kier alpha value is -1.93. The van der Waals surface area contributed by atoms with E-state index in [1.54, 1.807) is 11.8 Å². The second kappa shape index (κ2) is 12.7. The summed E-state index contributed by atoms with van der Waals surface area (Å²) < 4.78 is 10.7. The Labute approximate surface area is 236 Å². The number of ether oxygens (including phenoxy) is 2. The molecular formula is C27H34ClN3O7S. The maximum Gasteiger partial charge on any atom is 0.335 e. The van der Waals surface area contributed by atoms with E-state index in [0.29, 0.717) is 6.54 Å². The Morgan fingerprint density at radius 1 is 0.923 bits per heavy atom. The average Bonchev–Trinajstić information content (AvgIpc) is 2.93. The molecule has 2 aromatic carbocycles. The second-order valence-electron chi connectivity index (χ2n) is 9.98. The fourth-order valence-electron chi connectivity index (χ4n) is 5.22. The van der Waals surface area contributed by atoms with Crippen LogP contribution in [0.4, 0.5) is 11.4 Å². The normalized spacial score (nSPS) is 27.7. The predicted octanol–water partition coefficient (Wildman–Crippen LogP) is 1.86. The lowest BCUT2D eigenvalue weighted by Gasteiger charge is -2.39. The summed E-state index contributed by atoms with van der Waals surface area (Å²) >= 11 is 8.11. The Morgan fingerprint density at radius 2 is 1.62 bits per heavy atom. The number of carboxylic acids is 1. The summed E-state index contributed by atoms with van der Waals surface area (Å²) in [6, 6.07) is 14.5. The molecule has 5 atom stereocenters. The van der Waals surface area contributed by atoms with Crippen molar-refractivity contribution in [3.63, 3.8) is 0 Å². The van der Waals surface area contributed by atoms with E-state index in [-0.39, 0.29) is 6.61 Å². The number of para-hydroxylation sites is 1. The van der Waals surface area contributed by atoms with Crippen molar-refractivity contribution in [2.24, 2.45) is 0 Å². The van der Waals surface area contributed by atoms with Crippen molar-refractivity contribution in [2.45, 2.75) is 46.9 Å². The molecule has 0 spiro atoms. The van der Waals surface area contributed by atoms with Gasteiger partial charge in [0, 0.05) is 54.1 Å². The third-order valence-corrected chi connectivity index (χ3v) is 8.78. The minimum atomic E-state index is -1.72. The molecule has 0 aliphatic carbocycles. The molecule has 212 valence electrons. The Kier molecular flexibility index (Phi) is 9.32. The number of rotatable bonds is 9. The van der Waals surface area contributed by atoms with Crippen LogP contribution in [0.25, 0.3) is 0 Å². The lowest BCUT2D eigenvalue weighted by molar-refractivity contribution is -0.294. The van der Waals surface area contributed by atoms with Gasteiger partial charge in [0.1, 0.15) is 18.3 Å². The maximum absolute atomic E-state index is 11.2. The highest BCUT2D eigenvalue weighted by Gasteiger charge is 2.47. The first-order chi connectivity index (χ1) is 18.8. The van der Waals surface area contributed by atoms with Crippen molar-refractivity contribution >= 4 is 40.7 Å². The van der Waals surface area contributed by atoms with Gasteiger partial charge in [0.15, 0.2) is 12.4 Å². The topological polar surface area (TPSA) is 126 Å². The zero-order valence-corrected chi connectivity index (χ0v) is 23.0. The van der Waals surface area contributed by atoms with Crippen LogP contribution >= 0.6 is 23.4 Å². The largest absolute Gasteiger partial charge is 0.479 e. The number of carbonyl (C=O) groups is 1. The SMILES string of the molecule is O=C(O)C1OC(OCCN2CCN(CCCN3c4ccccc4Sc4ccc(Cl)cc43)CC2)C(O)C(O)C1O. The van der Waals surface area contributed by atoms with Crippen molar-refractivity contribution in [2.75, 3.05) is 57.3 Å². The van der Waals surface area contributed by atoms with Crippen LogP contribution in [0.15, 0.2) is 52.3 Å². The highest BCUT2D eigenvalue weighted by molar-refractivity contribution is 7.99. The predicted molar refractivity (Wildman–Crippen MR) is 147 cm³/mol. The van der Waals surface area contributed by atoms with Crippen molar-refractivity contribution in [3.05, 3.63) is 47.5 Å². The van der Waals surface area contributed by atoms with Gasteiger partial charge in [0.25, 0.3) is 0 Å². The van der Waals surface area contributed by atoms with Gasteiger partial charge in [-0.1, -0.05) is 35.5 Å². The van der Waals surface area contributed by atoms with Crippen LogP contribution in [-0.4, -0.2) is 119 Å². The van der Waals surface area contributed by atoms with Crippen LogP contribution in [0.1, 0.15) is 6.42 Å². The summed E-state index contributed by atoms with van der Waals surface area (Å²) in [5.41, 5.74) is 2.37. The number of fused-ring (bicyclic) bond motifs is 2. The Bertz CT molecular complexity index is 1150. The van der Waals surface area contributed by atoms with Crippen LogP contribution in [0.2, 0.25) is 5.02 Å². The molecule has 4 N–H and O–H groups in total. The first-order valence-electron chi connectivity index (χ1n) is 13.1. The van der Waals surface area contributed by atoms with Gasteiger partial charge in [-0.3, -0.25) is 4.90 Å². The number of nitrogens with zero attached hydrogens (tertiary/aromatic N) is 3. The number of hydrogen-bond donors (Lipinski definition) is 4. The van der Waals surface area contributed by atoms with Gasteiger partial charge in [-0.25, -0.2) is 4.79 Å². The number of aliphatic hydroxyl groups is 3. The van der Waals surface area contributed by atoms with Crippen LogP contribution < -0.4 is 4.90 Å². The second-order valence-corrected chi connectivity index (χ2v) is 11.5. The van der Waals surface area contributed by atoms with Gasteiger partial charge in [-0.05, 0) is 43.3 Å². The van der Waals surface area contributed by atoms with Crippen molar-refractivity contribution in [3.8, 4) is 0 Å². The number of aliphatic carboxylic acids is 1. The van der Waals surface area contributed by atoms with Gasteiger partial charge in [-0.2, -0.15) is 0 Å². The molecular weight excluding hydrogens is 546 g/mol.